The molecule has 4 nitrogen and oxygen atoms in total. The Morgan fingerprint density at radius 1 is 1.48 bits per heavy atom. The van der Waals surface area contributed by atoms with E-state index in [1.165, 1.54) is 0 Å². The van der Waals surface area contributed by atoms with Gasteiger partial charge in [-0.05, 0) is 44.0 Å². The Morgan fingerprint density at radius 2 is 2.19 bits per heavy atom. The molecular weight excluding hydrogens is 290 g/mol. The van der Waals surface area contributed by atoms with Crippen molar-refractivity contribution >= 4 is 17.6 Å². The van der Waals surface area contributed by atoms with Gasteiger partial charge >= 0.3 is 5.97 Å². The fourth-order valence-corrected chi connectivity index (χ4v) is 3.04. The number of carbonyl (C=O) groups is 1. The smallest absolute Gasteiger partial charge is 0.307 e. The molecule has 21 heavy (non-hydrogen) atoms. The van der Waals surface area contributed by atoms with Crippen molar-refractivity contribution in [3.8, 4) is 5.75 Å². The van der Waals surface area contributed by atoms with Crippen LogP contribution >= 0.6 is 11.6 Å². The zero-order chi connectivity index (χ0) is 15.2. The van der Waals surface area contributed by atoms with Crippen LogP contribution < -0.4 is 4.74 Å². The van der Waals surface area contributed by atoms with Gasteiger partial charge in [-0.15, -0.1) is 11.6 Å². The van der Waals surface area contributed by atoms with Gasteiger partial charge in [0.05, 0.1) is 17.9 Å². The number of ether oxygens (including phenoxy) is 1. The molecule has 1 aliphatic rings. The Morgan fingerprint density at radius 3 is 2.81 bits per heavy atom. The van der Waals surface area contributed by atoms with E-state index in [9.17, 15) is 4.79 Å². The number of aliphatic carboxylic acids is 1. The first-order valence-electron chi connectivity index (χ1n) is 7.42. The van der Waals surface area contributed by atoms with Crippen LogP contribution in [0.2, 0.25) is 0 Å². The molecule has 0 amide bonds. The third-order valence-electron chi connectivity index (χ3n) is 3.83. The SMILES string of the molecule is CCOc1ccc(C(Cl)CN2CCCC(C(=O)O)C2)cc1. The standard InChI is InChI=1S/C16H22ClNO3/c1-2-21-14-7-5-12(6-8-14)15(17)11-18-9-3-4-13(10-18)16(19)20/h5-8,13,15H,2-4,9-11H2,1H3,(H,19,20). The van der Waals surface area contributed by atoms with Crippen LogP contribution in [0.15, 0.2) is 24.3 Å². The van der Waals surface area contributed by atoms with E-state index in [0.717, 1.165) is 30.7 Å². The predicted molar refractivity (Wildman–Crippen MR) is 83.0 cm³/mol. The highest BCUT2D eigenvalue weighted by atomic mass is 35.5. The van der Waals surface area contributed by atoms with Gasteiger partial charge in [0.2, 0.25) is 0 Å². The highest BCUT2D eigenvalue weighted by molar-refractivity contribution is 6.21. The molecular formula is C16H22ClNO3. The average Bonchev–Trinajstić information content (AvgIpc) is 2.48. The van der Waals surface area contributed by atoms with Crippen LogP contribution in [0.25, 0.3) is 0 Å². The summed E-state index contributed by atoms with van der Waals surface area (Å²) in [5.41, 5.74) is 1.04. The van der Waals surface area contributed by atoms with Crippen molar-refractivity contribution in [2.45, 2.75) is 25.1 Å². The molecule has 2 unspecified atom stereocenters. The van der Waals surface area contributed by atoms with Crippen molar-refractivity contribution in [3.05, 3.63) is 29.8 Å². The number of likely N-dealkylation sites (tertiary alicyclic amines) is 1. The number of carboxylic acid groups (broad SMARTS) is 1. The molecule has 1 aliphatic heterocycles. The molecule has 0 bridgehead atoms. The zero-order valence-corrected chi connectivity index (χ0v) is 13.1. The Hall–Kier alpha value is -1.26. The number of rotatable bonds is 6. The van der Waals surface area contributed by atoms with E-state index in [1.807, 2.05) is 31.2 Å². The number of nitrogens with zero attached hydrogens (tertiary/aromatic N) is 1. The van der Waals surface area contributed by atoms with Crippen LogP contribution in [0.4, 0.5) is 0 Å². The lowest BCUT2D eigenvalue weighted by atomic mass is 9.98. The summed E-state index contributed by atoms with van der Waals surface area (Å²) in [6.45, 7) is 4.79. The molecule has 5 heteroatoms. The third kappa shape index (κ3) is 4.61. The number of benzene rings is 1. The van der Waals surface area contributed by atoms with E-state index in [0.29, 0.717) is 19.7 Å². The molecule has 1 N–H and O–H groups in total. The predicted octanol–water partition coefficient (Wildman–Crippen LogP) is 3.16. The maximum Gasteiger partial charge on any atom is 0.307 e. The summed E-state index contributed by atoms with van der Waals surface area (Å²) in [6, 6.07) is 7.79. The maximum atomic E-state index is 11.1. The summed E-state index contributed by atoms with van der Waals surface area (Å²) in [5.74, 6) is -0.121. The van der Waals surface area contributed by atoms with E-state index in [4.69, 9.17) is 21.4 Å². The summed E-state index contributed by atoms with van der Waals surface area (Å²) < 4.78 is 5.41. The van der Waals surface area contributed by atoms with Gasteiger partial charge in [0, 0.05) is 13.1 Å². The fourth-order valence-electron chi connectivity index (χ4n) is 2.69. The number of hydrogen-bond donors (Lipinski definition) is 1. The second-order valence-corrected chi connectivity index (χ2v) is 5.93. The number of halogens is 1. The molecule has 116 valence electrons. The van der Waals surface area contributed by atoms with Crippen LogP contribution in [0.3, 0.4) is 0 Å². The van der Waals surface area contributed by atoms with Crippen LogP contribution in [0.1, 0.15) is 30.7 Å². The van der Waals surface area contributed by atoms with Gasteiger partial charge in [-0.25, -0.2) is 0 Å². The monoisotopic (exact) mass is 311 g/mol. The van der Waals surface area contributed by atoms with Crippen molar-refractivity contribution in [2.24, 2.45) is 5.92 Å². The maximum absolute atomic E-state index is 11.1. The minimum absolute atomic E-state index is 0.131. The molecule has 1 aromatic carbocycles. The molecule has 2 rings (SSSR count). The third-order valence-corrected chi connectivity index (χ3v) is 4.22. The highest BCUT2D eigenvalue weighted by Crippen LogP contribution is 2.26. The lowest BCUT2D eigenvalue weighted by molar-refractivity contribution is -0.143. The van der Waals surface area contributed by atoms with Gasteiger partial charge in [0.15, 0.2) is 0 Å². The van der Waals surface area contributed by atoms with Gasteiger partial charge in [-0.3, -0.25) is 4.79 Å². The Kier molecular flexibility index (Phi) is 5.88. The Balaban J connectivity index is 1.91. The van der Waals surface area contributed by atoms with Crippen LogP contribution in [-0.4, -0.2) is 42.2 Å². The molecule has 0 aromatic heterocycles. The average molecular weight is 312 g/mol. The minimum atomic E-state index is -0.702. The first-order valence-corrected chi connectivity index (χ1v) is 7.85. The molecule has 0 saturated carbocycles. The Bertz CT molecular complexity index is 463. The molecule has 1 heterocycles. The van der Waals surface area contributed by atoms with E-state index in [2.05, 4.69) is 4.90 Å². The summed E-state index contributed by atoms with van der Waals surface area (Å²) in [6.07, 6.45) is 1.69. The zero-order valence-electron chi connectivity index (χ0n) is 12.3. The Labute approximate surface area is 130 Å². The van der Waals surface area contributed by atoms with Crippen LogP contribution in [0, 0.1) is 5.92 Å². The molecule has 0 aliphatic carbocycles. The van der Waals surface area contributed by atoms with Crippen LogP contribution in [0.5, 0.6) is 5.75 Å². The van der Waals surface area contributed by atoms with Crippen molar-refractivity contribution in [1.29, 1.82) is 0 Å². The quantitative estimate of drug-likeness (QED) is 0.820. The van der Waals surface area contributed by atoms with E-state index >= 15 is 0 Å². The first kappa shape index (κ1) is 16.1. The largest absolute Gasteiger partial charge is 0.494 e. The van der Waals surface area contributed by atoms with Crippen molar-refractivity contribution in [1.82, 2.24) is 4.90 Å². The summed E-state index contributed by atoms with van der Waals surface area (Å²) >= 11 is 6.47. The molecule has 1 fully saturated rings. The number of alkyl halides is 1. The second-order valence-electron chi connectivity index (χ2n) is 5.41. The normalized spacial score (nSPS) is 21.0. The first-order chi connectivity index (χ1) is 10.1. The highest BCUT2D eigenvalue weighted by Gasteiger charge is 2.26. The number of piperidine rings is 1. The van der Waals surface area contributed by atoms with Gasteiger partial charge in [-0.2, -0.15) is 0 Å². The molecule has 0 spiro atoms. The van der Waals surface area contributed by atoms with Crippen molar-refractivity contribution in [2.75, 3.05) is 26.2 Å². The second kappa shape index (κ2) is 7.66. The molecule has 0 radical (unpaired) electrons. The summed E-state index contributed by atoms with van der Waals surface area (Å²) in [5, 5.41) is 8.98. The topological polar surface area (TPSA) is 49.8 Å². The van der Waals surface area contributed by atoms with Crippen LogP contribution in [-0.2, 0) is 4.79 Å². The number of carboxylic acids is 1. The van der Waals surface area contributed by atoms with E-state index < -0.39 is 5.97 Å². The van der Waals surface area contributed by atoms with E-state index in [1.54, 1.807) is 0 Å². The van der Waals surface area contributed by atoms with Gasteiger partial charge in [0.1, 0.15) is 5.75 Å². The summed E-state index contributed by atoms with van der Waals surface area (Å²) in [4.78, 5) is 13.2. The lowest BCUT2D eigenvalue weighted by Crippen LogP contribution is -2.40. The molecule has 1 aromatic rings. The lowest BCUT2D eigenvalue weighted by Gasteiger charge is -2.32. The molecule has 2 atom stereocenters. The summed E-state index contributed by atoms with van der Waals surface area (Å²) in [7, 11) is 0. The minimum Gasteiger partial charge on any atom is -0.494 e. The van der Waals surface area contributed by atoms with Gasteiger partial charge < -0.3 is 14.7 Å². The van der Waals surface area contributed by atoms with E-state index in [-0.39, 0.29) is 11.3 Å². The fraction of sp³-hybridized carbons (Fsp3) is 0.562. The van der Waals surface area contributed by atoms with Crippen molar-refractivity contribution < 1.29 is 14.6 Å². The van der Waals surface area contributed by atoms with Crippen molar-refractivity contribution in [3.63, 3.8) is 0 Å². The van der Waals surface area contributed by atoms with Gasteiger partial charge in [0.25, 0.3) is 0 Å². The molecule has 1 saturated heterocycles. The number of hydrogen-bond acceptors (Lipinski definition) is 3. The van der Waals surface area contributed by atoms with Gasteiger partial charge in [-0.1, -0.05) is 12.1 Å².